The molecular weight excluding hydrogens is 298 g/mol. The molecule has 0 amide bonds. The number of aryl methyl sites for hydroxylation is 2. The second kappa shape index (κ2) is 4.93. The highest BCUT2D eigenvalue weighted by Crippen LogP contribution is 2.23. The van der Waals surface area contributed by atoms with Crippen molar-refractivity contribution in [2.24, 2.45) is 0 Å². The van der Waals surface area contributed by atoms with E-state index >= 15 is 0 Å². The van der Waals surface area contributed by atoms with Crippen molar-refractivity contribution in [3.8, 4) is 5.82 Å². The lowest BCUT2D eigenvalue weighted by atomic mass is 10.2. The molecule has 22 heavy (non-hydrogen) atoms. The molecule has 0 aliphatic heterocycles. The van der Waals surface area contributed by atoms with Crippen LogP contribution in [0.15, 0.2) is 27.9 Å². The van der Waals surface area contributed by atoms with Crippen LogP contribution in [0, 0.1) is 19.1 Å². The van der Waals surface area contributed by atoms with Crippen molar-refractivity contribution < 1.29 is 13.5 Å². The van der Waals surface area contributed by atoms with Crippen LogP contribution in [0.1, 0.15) is 23.7 Å². The molecule has 0 aromatic carbocycles. The summed E-state index contributed by atoms with van der Waals surface area (Å²) >= 11 is 0. The van der Waals surface area contributed by atoms with Crippen LogP contribution in [-0.4, -0.2) is 9.24 Å². The van der Waals surface area contributed by atoms with Crippen LogP contribution < -0.4 is 21.8 Å². The largest absolute Gasteiger partial charge is 0.711 e. The first-order valence-corrected chi connectivity index (χ1v) is 6.27. The summed E-state index contributed by atoms with van der Waals surface area (Å²) in [5.41, 5.74) is -2.25. The highest BCUT2D eigenvalue weighted by atomic mass is 19.3. The van der Waals surface area contributed by atoms with Gasteiger partial charge in [-0.1, -0.05) is 0 Å². The van der Waals surface area contributed by atoms with E-state index in [0.717, 1.165) is 6.20 Å². The fourth-order valence-electron chi connectivity index (χ4n) is 2.23. The molecule has 7 nitrogen and oxygen atoms in total. The fourth-order valence-corrected chi connectivity index (χ4v) is 2.23. The van der Waals surface area contributed by atoms with Crippen molar-refractivity contribution in [1.29, 1.82) is 0 Å². The summed E-state index contributed by atoms with van der Waals surface area (Å²) in [6.07, 6.45) is 1.16. The quantitative estimate of drug-likeness (QED) is 0.482. The topological polar surface area (TPSA) is 97.0 Å². The van der Waals surface area contributed by atoms with Gasteiger partial charge in [0.05, 0.1) is 12.3 Å². The third-order valence-electron chi connectivity index (χ3n) is 3.13. The van der Waals surface area contributed by atoms with E-state index in [1.165, 1.54) is 6.92 Å². The lowest BCUT2D eigenvalue weighted by Gasteiger charge is -2.15. The average molecular weight is 312 g/mol. The second-order valence-electron chi connectivity index (χ2n) is 5.09. The zero-order valence-electron chi connectivity index (χ0n) is 12.1. The molecule has 0 fully saturated rings. The Balaban J connectivity index is 2.89. The minimum absolute atomic E-state index is 0.167. The van der Waals surface area contributed by atoms with Gasteiger partial charge in [0.15, 0.2) is 0 Å². The normalized spacial score (nSPS) is 11.7. The highest BCUT2D eigenvalue weighted by molar-refractivity contribution is 5.31. The van der Waals surface area contributed by atoms with Crippen molar-refractivity contribution in [3.05, 3.63) is 61.2 Å². The molecule has 2 N–H and O–H groups in total. The van der Waals surface area contributed by atoms with Crippen LogP contribution in [0.5, 0.6) is 0 Å². The van der Waals surface area contributed by atoms with Crippen LogP contribution in [0.3, 0.4) is 0 Å². The van der Waals surface area contributed by atoms with Crippen molar-refractivity contribution in [1.82, 2.24) is 9.24 Å². The molecule has 0 radical (unpaired) electrons. The lowest BCUT2D eigenvalue weighted by Crippen LogP contribution is -2.49. The van der Waals surface area contributed by atoms with E-state index in [-0.39, 0.29) is 10.5 Å². The number of halogens is 2. The van der Waals surface area contributed by atoms with Crippen LogP contribution >= 0.6 is 0 Å². The lowest BCUT2D eigenvalue weighted by molar-refractivity contribution is -0.600. The Kier molecular flexibility index (Phi) is 3.52. The number of rotatable bonds is 2. The Bertz CT molecular complexity index is 842. The summed E-state index contributed by atoms with van der Waals surface area (Å²) in [6.45, 7) is 3.70. The van der Waals surface area contributed by atoms with E-state index in [9.17, 15) is 23.6 Å². The van der Waals surface area contributed by atoms with Gasteiger partial charge in [-0.3, -0.25) is 0 Å². The number of nitrogens with zero attached hydrogens (tertiary/aromatic N) is 3. The smallest absolute Gasteiger partial charge is 0.442 e. The van der Waals surface area contributed by atoms with Gasteiger partial charge in [-0.2, -0.15) is 13.5 Å². The zero-order valence-corrected chi connectivity index (χ0v) is 12.1. The minimum atomic E-state index is -3.47. The zero-order chi connectivity index (χ0) is 16.8. The van der Waals surface area contributed by atoms with Crippen molar-refractivity contribution >= 4 is 0 Å². The van der Waals surface area contributed by atoms with E-state index < -0.39 is 22.9 Å². The van der Waals surface area contributed by atoms with Gasteiger partial charge in [0, 0.05) is 12.5 Å². The van der Waals surface area contributed by atoms with Gasteiger partial charge < -0.3 is 11.0 Å². The number of nitrogens with two attached hydrogens (primary N) is 1. The number of nitrogen functional groups attached to an aromatic ring is 1. The standard InChI is InChI=1S/C13H14F2N4O3/c1-7-4-8(2)11(17(22)6-7)18-10(20)5-9(13(3,14)15)19(16)12(18)21/h4-6H,16H2,1-3H3. The SMILES string of the molecule is Cc1cc(C)c(-n2c(=O)cc(C(C)(F)F)n(N)c2=O)[n+]([O-])c1. The molecule has 118 valence electrons. The number of pyridine rings is 1. The van der Waals surface area contributed by atoms with E-state index in [1.807, 2.05) is 0 Å². The van der Waals surface area contributed by atoms with Crippen LogP contribution in [0.2, 0.25) is 0 Å². The summed E-state index contributed by atoms with van der Waals surface area (Å²) in [5, 5.41) is 12.0. The third-order valence-corrected chi connectivity index (χ3v) is 3.13. The van der Waals surface area contributed by atoms with Crippen LogP contribution in [0.4, 0.5) is 8.78 Å². The van der Waals surface area contributed by atoms with Gasteiger partial charge in [-0.05, 0) is 25.5 Å². The van der Waals surface area contributed by atoms with Gasteiger partial charge in [0.2, 0.25) is 0 Å². The van der Waals surface area contributed by atoms with E-state index in [4.69, 9.17) is 5.84 Å². The summed E-state index contributed by atoms with van der Waals surface area (Å²) in [6, 6.07) is 2.12. The molecule has 0 spiro atoms. The Morgan fingerprint density at radius 3 is 2.36 bits per heavy atom. The fraction of sp³-hybridized carbons (Fsp3) is 0.308. The predicted molar refractivity (Wildman–Crippen MR) is 74.5 cm³/mol. The molecule has 2 rings (SSSR count). The van der Waals surface area contributed by atoms with E-state index in [2.05, 4.69) is 0 Å². The molecule has 0 atom stereocenters. The molecule has 0 aliphatic carbocycles. The number of alkyl halides is 2. The van der Waals surface area contributed by atoms with Gasteiger partial charge >= 0.3 is 11.2 Å². The molecule has 0 unspecified atom stereocenters. The highest BCUT2D eigenvalue weighted by Gasteiger charge is 2.32. The van der Waals surface area contributed by atoms with Crippen molar-refractivity contribution in [2.45, 2.75) is 26.7 Å². The minimum Gasteiger partial charge on any atom is -0.711 e. The first-order chi connectivity index (χ1) is 10.0. The summed E-state index contributed by atoms with van der Waals surface area (Å²) in [5.74, 6) is 1.62. The monoisotopic (exact) mass is 312 g/mol. The van der Waals surface area contributed by atoms with Crippen LogP contribution in [0.25, 0.3) is 5.82 Å². The first kappa shape index (κ1) is 15.7. The maximum Gasteiger partial charge on any atom is 0.442 e. The summed E-state index contributed by atoms with van der Waals surface area (Å²) < 4.78 is 27.7. The maximum absolute atomic E-state index is 13.4. The molecule has 0 aliphatic rings. The molecule has 9 heteroatoms. The van der Waals surface area contributed by atoms with Crippen molar-refractivity contribution in [3.63, 3.8) is 0 Å². The number of aromatic nitrogens is 3. The molecule has 0 saturated heterocycles. The summed E-state index contributed by atoms with van der Waals surface area (Å²) in [7, 11) is 0. The third kappa shape index (κ3) is 2.45. The molecule has 0 bridgehead atoms. The Hall–Kier alpha value is -2.71. The molecule has 0 saturated carbocycles. The van der Waals surface area contributed by atoms with Gasteiger partial charge in [-0.15, -0.1) is 4.57 Å². The Morgan fingerprint density at radius 1 is 1.27 bits per heavy atom. The number of hydrogen-bond acceptors (Lipinski definition) is 4. The summed E-state index contributed by atoms with van der Waals surface area (Å²) in [4.78, 5) is 24.2. The Morgan fingerprint density at radius 2 is 1.86 bits per heavy atom. The first-order valence-electron chi connectivity index (χ1n) is 6.27. The molecule has 2 aromatic rings. The molecule has 2 aromatic heterocycles. The van der Waals surface area contributed by atoms with E-state index in [0.29, 0.717) is 33.4 Å². The molecule has 2 heterocycles. The van der Waals surface area contributed by atoms with Crippen molar-refractivity contribution in [2.75, 3.05) is 5.84 Å². The molecular formula is C13H14F2N4O3. The van der Waals surface area contributed by atoms with Crippen LogP contribution in [-0.2, 0) is 5.92 Å². The van der Waals surface area contributed by atoms with Gasteiger partial charge in [0.25, 0.3) is 11.7 Å². The maximum atomic E-state index is 13.4. The second-order valence-corrected chi connectivity index (χ2v) is 5.09. The van der Waals surface area contributed by atoms with Gasteiger partial charge in [-0.25, -0.2) is 14.3 Å². The average Bonchev–Trinajstić information content (AvgIpc) is 2.35. The predicted octanol–water partition coefficient (Wildman–Crippen LogP) is 0.0749. The Labute approximate surface area is 123 Å². The van der Waals surface area contributed by atoms with E-state index in [1.54, 1.807) is 13.0 Å². The van der Waals surface area contributed by atoms with Gasteiger partial charge in [0.1, 0.15) is 5.69 Å². The number of hydrogen-bond donors (Lipinski definition) is 1.